The van der Waals surface area contributed by atoms with Crippen LogP contribution < -0.4 is 5.32 Å². The van der Waals surface area contributed by atoms with Gasteiger partial charge in [0, 0.05) is 24.4 Å². The molecule has 0 bridgehead atoms. The number of carboxylic acids is 1. The summed E-state index contributed by atoms with van der Waals surface area (Å²) in [5, 5.41) is 12.1. The molecule has 4 rings (SSSR count). The Morgan fingerprint density at radius 3 is 2.29 bits per heavy atom. The van der Waals surface area contributed by atoms with E-state index in [1.807, 2.05) is 38.1 Å². The lowest BCUT2D eigenvalue weighted by Crippen LogP contribution is -2.42. The molecular formula is C28H34N2O5. The molecule has 2 amide bonds. The molecule has 0 aromatic heterocycles. The van der Waals surface area contributed by atoms with E-state index in [0.717, 1.165) is 12.8 Å². The number of alkyl carbamates (subject to hydrolysis) is 1. The summed E-state index contributed by atoms with van der Waals surface area (Å²) in [6.07, 6.45) is 2.87. The van der Waals surface area contributed by atoms with Crippen molar-refractivity contribution in [3.05, 3.63) is 59.7 Å². The summed E-state index contributed by atoms with van der Waals surface area (Å²) in [6, 6.07) is 16.3. The number of carbonyl (C=O) groups excluding carboxylic acids is 2. The number of amides is 2. The first-order chi connectivity index (χ1) is 16.9. The number of rotatable bonds is 9. The van der Waals surface area contributed by atoms with E-state index >= 15 is 0 Å². The van der Waals surface area contributed by atoms with E-state index in [0.29, 0.717) is 19.3 Å². The number of hydrogen-bond donors (Lipinski definition) is 2. The Hall–Kier alpha value is -3.35. The average molecular weight is 479 g/mol. The third-order valence-electron chi connectivity index (χ3n) is 7.42. The molecule has 0 spiro atoms. The molecule has 2 N–H and O–H groups in total. The number of ether oxygens (including phenoxy) is 1. The number of nitrogens with zero attached hydrogens (tertiary/aromatic N) is 1. The fraction of sp³-hybridized carbons (Fsp3) is 0.464. The van der Waals surface area contributed by atoms with Crippen molar-refractivity contribution in [3.8, 4) is 11.1 Å². The van der Waals surface area contributed by atoms with Gasteiger partial charge in [-0.25, -0.2) is 4.79 Å². The number of nitrogens with one attached hydrogen (secondary N) is 1. The maximum Gasteiger partial charge on any atom is 0.407 e. The van der Waals surface area contributed by atoms with Crippen molar-refractivity contribution in [3.63, 3.8) is 0 Å². The Kier molecular flexibility index (Phi) is 7.73. The van der Waals surface area contributed by atoms with Crippen LogP contribution in [0.1, 0.15) is 63.0 Å². The summed E-state index contributed by atoms with van der Waals surface area (Å²) < 4.78 is 5.66. The van der Waals surface area contributed by atoms with E-state index in [4.69, 9.17) is 9.84 Å². The Balaban J connectivity index is 1.28. The molecule has 2 aromatic rings. The van der Waals surface area contributed by atoms with Crippen molar-refractivity contribution >= 4 is 18.0 Å². The molecule has 0 saturated heterocycles. The van der Waals surface area contributed by atoms with Crippen LogP contribution >= 0.6 is 0 Å². The van der Waals surface area contributed by atoms with Crippen LogP contribution in [0.25, 0.3) is 11.1 Å². The van der Waals surface area contributed by atoms with Crippen LogP contribution in [-0.4, -0.2) is 53.2 Å². The number of aliphatic carboxylic acids is 1. The summed E-state index contributed by atoms with van der Waals surface area (Å²) in [5.74, 6) is -0.988. The summed E-state index contributed by atoms with van der Waals surface area (Å²) >= 11 is 0. The predicted octanol–water partition coefficient (Wildman–Crippen LogP) is 4.80. The van der Waals surface area contributed by atoms with Gasteiger partial charge in [0.15, 0.2) is 0 Å². The third-order valence-corrected chi connectivity index (χ3v) is 7.42. The van der Waals surface area contributed by atoms with Gasteiger partial charge in [0.05, 0.1) is 0 Å². The van der Waals surface area contributed by atoms with Gasteiger partial charge in [-0.3, -0.25) is 9.59 Å². The summed E-state index contributed by atoms with van der Waals surface area (Å²) in [5.41, 5.74) is 4.73. The maximum atomic E-state index is 12.8. The minimum atomic E-state index is -1.00. The molecule has 186 valence electrons. The normalized spacial score (nSPS) is 19.5. The molecule has 7 nitrogen and oxygen atoms in total. The highest BCUT2D eigenvalue weighted by molar-refractivity contribution is 5.82. The fourth-order valence-corrected chi connectivity index (χ4v) is 5.42. The first-order valence-electron chi connectivity index (χ1n) is 12.5. The topological polar surface area (TPSA) is 95.9 Å². The molecule has 2 aliphatic rings. The maximum absolute atomic E-state index is 12.8. The number of carbonyl (C=O) groups is 3. The minimum absolute atomic E-state index is 0.0165. The Morgan fingerprint density at radius 2 is 1.69 bits per heavy atom. The molecule has 0 heterocycles. The highest BCUT2D eigenvalue weighted by Gasteiger charge is 2.32. The van der Waals surface area contributed by atoms with Crippen LogP contribution in [0.2, 0.25) is 0 Å². The van der Waals surface area contributed by atoms with E-state index in [1.54, 1.807) is 0 Å². The zero-order chi connectivity index (χ0) is 24.9. The predicted molar refractivity (Wildman–Crippen MR) is 133 cm³/mol. The minimum Gasteiger partial charge on any atom is -0.480 e. The number of benzene rings is 2. The molecule has 1 saturated carbocycles. The van der Waals surface area contributed by atoms with Crippen LogP contribution in [0.3, 0.4) is 0 Å². The monoisotopic (exact) mass is 478 g/mol. The quantitative estimate of drug-likeness (QED) is 0.540. The Morgan fingerprint density at radius 1 is 1.06 bits per heavy atom. The van der Waals surface area contributed by atoms with Crippen LogP contribution in [0.5, 0.6) is 0 Å². The van der Waals surface area contributed by atoms with Gasteiger partial charge in [-0.1, -0.05) is 55.5 Å². The highest BCUT2D eigenvalue weighted by atomic mass is 16.5. The third kappa shape index (κ3) is 5.66. The molecule has 35 heavy (non-hydrogen) atoms. The van der Waals surface area contributed by atoms with Gasteiger partial charge in [0.1, 0.15) is 13.2 Å². The van der Waals surface area contributed by atoms with Crippen molar-refractivity contribution in [1.29, 1.82) is 0 Å². The lowest BCUT2D eigenvalue weighted by molar-refractivity contribution is -0.146. The van der Waals surface area contributed by atoms with Crippen molar-refractivity contribution in [2.75, 3.05) is 13.2 Å². The van der Waals surface area contributed by atoms with Crippen LogP contribution in [-0.2, 0) is 14.3 Å². The lowest BCUT2D eigenvalue weighted by atomic mass is 9.98. The number of fused-ring (bicyclic) bond motifs is 3. The first-order valence-corrected chi connectivity index (χ1v) is 12.5. The standard InChI is InChI=1S/C28H34N2O5/c1-3-18(2)30(16-27(32)33)26(31)15-19-12-13-20(14-19)29-28(34)35-17-25-23-10-6-4-8-21(23)22-9-5-7-11-24(22)25/h4-11,18-20,25H,3,12-17H2,1-2H3,(H,29,34)(H,32,33). The van der Waals surface area contributed by atoms with E-state index in [9.17, 15) is 14.4 Å². The summed E-state index contributed by atoms with van der Waals surface area (Å²) in [4.78, 5) is 38.0. The van der Waals surface area contributed by atoms with Gasteiger partial charge in [-0.05, 0) is 60.8 Å². The second-order valence-electron chi connectivity index (χ2n) is 9.72. The van der Waals surface area contributed by atoms with Crippen molar-refractivity contribution in [2.24, 2.45) is 5.92 Å². The molecule has 3 unspecified atom stereocenters. The van der Waals surface area contributed by atoms with Gasteiger partial charge in [0.25, 0.3) is 0 Å². The van der Waals surface area contributed by atoms with Crippen LogP contribution in [0.15, 0.2) is 48.5 Å². The first kappa shape index (κ1) is 24.8. The zero-order valence-electron chi connectivity index (χ0n) is 20.4. The van der Waals surface area contributed by atoms with Gasteiger partial charge in [-0.2, -0.15) is 0 Å². The fourth-order valence-electron chi connectivity index (χ4n) is 5.42. The second-order valence-corrected chi connectivity index (χ2v) is 9.72. The second kappa shape index (κ2) is 10.9. The molecule has 1 fully saturated rings. The molecule has 0 aliphatic heterocycles. The van der Waals surface area contributed by atoms with Crippen molar-refractivity contribution in [1.82, 2.24) is 10.2 Å². The lowest BCUT2D eigenvalue weighted by Gasteiger charge is -2.28. The summed E-state index contributed by atoms with van der Waals surface area (Å²) in [7, 11) is 0. The van der Waals surface area contributed by atoms with E-state index in [1.165, 1.54) is 27.2 Å². The molecule has 0 radical (unpaired) electrons. The molecule has 7 heteroatoms. The largest absolute Gasteiger partial charge is 0.480 e. The number of hydrogen-bond acceptors (Lipinski definition) is 4. The van der Waals surface area contributed by atoms with E-state index in [2.05, 4.69) is 29.6 Å². The Labute approximate surface area is 206 Å². The molecule has 2 aromatic carbocycles. The van der Waals surface area contributed by atoms with Crippen molar-refractivity contribution in [2.45, 2.75) is 64.0 Å². The number of carboxylic acid groups (broad SMARTS) is 1. The molecular weight excluding hydrogens is 444 g/mol. The zero-order valence-corrected chi connectivity index (χ0v) is 20.4. The molecule has 2 aliphatic carbocycles. The van der Waals surface area contributed by atoms with E-state index in [-0.39, 0.29) is 43.0 Å². The van der Waals surface area contributed by atoms with Crippen molar-refractivity contribution < 1.29 is 24.2 Å². The Bertz CT molecular complexity index is 1040. The van der Waals surface area contributed by atoms with Gasteiger partial charge in [0.2, 0.25) is 5.91 Å². The SMILES string of the molecule is CCC(C)N(CC(=O)O)C(=O)CC1CCC(NC(=O)OCC2c3ccccc3-c3ccccc32)C1. The van der Waals surface area contributed by atoms with Gasteiger partial charge in [-0.15, -0.1) is 0 Å². The molecule has 3 atom stereocenters. The van der Waals surface area contributed by atoms with Crippen LogP contribution in [0.4, 0.5) is 4.79 Å². The average Bonchev–Trinajstić information content (AvgIpc) is 3.42. The highest BCUT2D eigenvalue weighted by Crippen LogP contribution is 2.44. The van der Waals surface area contributed by atoms with E-state index < -0.39 is 12.1 Å². The summed E-state index contributed by atoms with van der Waals surface area (Å²) in [6.45, 7) is 3.81. The van der Waals surface area contributed by atoms with Gasteiger partial charge < -0.3 is 20.1 Å². The van der Waals surface area contributed by atoms with Crippen LogP contribution in [0, 0.1) is 5.92 Å². The smallest absolute Gasteiger partial charge is 0.407 e. The van der Waals surface area contributed by atoms with Gasteiger partial charge >= 0.3 is 12.1 Å².